The molecule has 1 atom stereocenters. The van der Waals surface area contributed by atoms with Crippen LogP contribution in [0.15, 0.2) is 23.1 Å². The zero-order valence-corrected chi connectivity index (χ0v) is 11.1. The Morgan fingerprint density at radius 3 is 2.79 bits per heavy atom. The Kier molecular flexibility index (Phi) is 3.95. The second-order valence-corrected chi connectivity index (χ2v) is 5.99. The number of nitrogens with zero attached hydrogens (tertiary/aromatic N) is 1. The van der Waals surface area contributed by atoms with Crippen LogP contribution in [0.2, 0.25) is 0 Å². The quantitative estimate of drug-likeness (QED) is 0.621. The first-order chi connectivity index (χ1) is 8.90. The number of rotatable bonds is 3. The van der Waals surface area contributed by atoms with Crippen molar-refractivity contribution in [1.82, 2.24) is 0 Å². The van der Waals surface area contributed by atoms with E-state index in [1.165, 1.54) is 12.1 Å². The second kappa shape index (κ2) is 5.33. The molecule has 0 amide bonds. The number of ether oxygens (including phenoxy) is 1. The molecule has 1 fully saturated rings. The highest BCUT2D eigenvalue weighted by atomic mass is 32.2. The maximum atomic E-state index is 11.4. The Labute approximate surface area is 111 Å². The van der Waals surface area contributed by atoms with Gasteiger partial charge in [-0.3, -0.25) is 0 Å². The Hall–Kier alpha value is -1.35. The Morgan fingerprint density at radius 2 is 2.16 bits per heavy atom. The number of sulfonamides is 1. The first-order valence-electron chi connectivity index (χ1n) is 5.81. The molecule has 1 aromatic rings. The lowest BCUT2D eigenvalue weighted by molar-refractivity contribution is 0.00356. The van der Waals surface area contributed by atoms with Gasteiger partial charge in [-0.05, 0) is 18.2 Å². The van der Waals surface area contributed by atoms with Crippen LogP contribution in [-0.4, -0.2) is 45.9 Å². The highest BCUT2D eigenvalue weighted by Gasteiger charge is 2.21. The molecule has 1 aliphatic rings. The van der Waals surface area contributed by atoms with Crippen molar-refractivity contribution < 1.29 is 18.3 Å². The minimum absolute atomic E-state index is 0.0189. The third kappa shape index (κ3) is 3.35. The molecule has 0 bridgehead atoms. The maximum absolute atomic E-state index is 11.4. The smallest absolute Gasteiger partial charge is 0.238 e. The fourth-order valence-corrected chi connectivity index (χ4v) is 2.60. The average Bonchev–Trinajstić information content (AvgIpc) is 2.37. The Balaban J connectivity index is 2.32. The molecule has 1 unspecified atom stereocenters. The number of aliphatic hydroxyl groups excluding tert-OH is 1. The zero-order chi connectivity index (χ0) is 14.0. The normalized spacial score (nSPS) is 20.5. The van der Waals surface area contributed by atoms with Crippen LogP contribution in [0.5, 0.6) is 0 Å². The fraction of sp³-hybridized carbons (Fsp3) is 0.455. The van der Waals surface area contributed by atoms with Crippen molar-refractivity contribution in [1.29, 1.82) is 0 Å². The van der Waals surface area contributed by atoms with Crippen molar-refractivity contribution in [2.75, 3.05) is 36.9 Å². The van der Waals surface area contributed by atoms with Gasteiger partial charge in [-0.1, -0.05) is 0 Å². The van der Waals surface area contributed by atoms with Gasteiger partial charge < -0.3 is 20.5 Å². The van der Waals surface area contributed by atoms with E-state index in [1.54, 1.807) is 6.07 Å². The van der Waals surface area contributed by atoms with E-state index in [1.807, 2.05) is 4.90 Å². The number of anilines is 2. The lowest BCUT2D eigenvalue weighted by atomic mass is 10.2. The van der Waals surface area contributed by atoms with Crippen LogP contribution in [-0.2, 0) is 14.8 Å². The molecule has 1 aliphatic heterocycles. The van der Waals surface area contributed by atoms with Crippen molar-refractivity contribution in [3.63, 3.8) is 0 Å². The van der Waals surface area contributed by atoms with E-state index in [2.05, 4.69) is 0 Å². The minimum Gasteiger partial charge on any atom is -0.399 e. The lowest BCUT2D eigenvalue weighted by Gasteiger charge is -2.34. The molecular weight excluding hydrogens is 270 g/mol. The standard InChI is InChI=1S/C11H17N3O4S/c12-8-3-9(5-11(4-8)19(13,16)17)14-1-2-18-10(6-14)7-15/h3-5,10,15H,1-2,6-7,12H2,(H2,13,16,17). The van der Waals surface area contributed by atoms with Gasteiger partial charge >= 0.3 is 0 Å². The van der Waals surface area contributed by atoms with E-state index in [0.717, 1.165) is 0 Å². The molecule has 0 saturated carbocycles. The summed E-state index contributed by atoms with van der Waals surface area (Å²) in [5, 5.41) is 14.2. The van der Waals surface area contributed by atoms with Gasteiger partial charge in [-0.25, -0.2) is 13.6 Å². The van der Waals surface area contributed by atoms with Crippen LogP contribution < -0.4 is 15.8 Å². The van der Waals surface area contributed by atoms with Crippen LogP contribution in [0, 0.1) is 0 Å². The van der Waals surface area contributed by atoms with Gasteiger partial charge in [0.2, 0.25) is 10.0 Å². The molecule has 106 valence electrons. The van der Waals surface area contributed by atoms with Gasteiger partial charge in [-0.2, -0.15) is 0 Å². The molecule has 0 aromatic heterocycles. The predicted octanol–water partition coefficient (Wildman–Crippen LogP) is -0.886. The predicted molar refractivity (Wildman–Crippen MR) is 71.3 cm³/mol. The summed E-state index contributed by atoms with van der Waals surface area (Å²) in [6.07, 6.45) is -0.284. The third-order valence-electron chi connectivity index (χ3n) is 2.95. The van der Waals surface area contributed by atoms with E-state index in [9.17, 15) is 8.42 Å². The summed E-state index contributed by atoms with van der Waals surface area (Å²) >= 11 is 0. The Bertz CT molecular complexity index is 561. The minimum atomic E-state index is -3.79. The van der Waals surface area contributed by atoms with Crippen LogP contribution >= 0.6 is 0 Å². The first-order valence-corrected chi connectivity index (χ1v) is 7.35. The summed E-state index contributed by atoms with van der Waals surface area (Å²) in [6, 6.07) is 4.47. The number of hydrogen-bond donors (Lipinski definition) is 3. The summed E-state index contributed by atoms with van der Waals surface area (Å²) in [5.41, 5.74) is 6.69. The molecule has 1 heterocycles. The number of primary sulfonamides is 1. The van der Waals surface area contributed by atoms with E-state index in [-0.39, 0.29) is 17.6 Å². The first kappa shape index (κ1) is 14.1. The second-order valence-electron chi connectivity index (χ2n) is 4.43. The van der Waals surface area contributed by atoms with E-state index >= 15 is 0 Å². The van der Waals surface area contributed by atoms with Gasteiger partial charge in [0.1, 0.15) is 0 Å². The highest BCUT2D eigenvalue weighted by Crippen LogP contribution is 2.24. The van der Waals surface area contributed by atoms with Gasteiger partial charge in [0.05, 0.1) is 24.2 Å². The number of hydrogen-bond acceptors (Lipinski definition) is 6. The van der Waals surface area contributed by atoms with E-state index < -0.39 is 10.0 Å². The molecule has 7 nitrogen and oxygen atoms in total. The third-order valence-corrected chi connectivity index (χ3v) is 3.84. The van der Waals surface area contributed by atoms with Gasteiger partial charge in [-0.15, -0.1) is 0 Å². The van der Waals surface area contributed by atoms with E-state index in [4.69, 9.17) is 20.7 Å². The SMILES string of the molecule is Nc1cc(N2CCOC(CO)C2)cc(S(N)(=O)=O)c1. The molecule has 8 heteroatoms. The molecular formula is C11H17N3O4S. The summed E-state index contributed by atoms with van der Waals surface area (Å²) in [6.45, 7) is 1.46. The van der Waals surface area contributed by atoms with E-state index in [0.29, 0.717) is 31.1 Å². The number of aliphatic hydroxyl groups is 1. The van der Waals surface area contributed by atoms with Crippen molar-refractivity contribution in [2.45, 2.75) is 11.0 Å². The van der Waals surface area contributed by atoms with Crippen molar-refractivity contribution in [3.8, 4) is 0 Å². The fourth-order valence-electron chi connectivity index (χ4n) is 2.02. The summed E-state index contributed by atoms with van der Waals surface area (Å²) in [5.74, 6) is 0. The molecule has 2 rings (SSSR count). The summed E-state index contributed by atoms with van der Waals surface area (Å²) in [7, 11) is -3.79. The molecule has 0 spiro atoms. The lowest BCUT2D eigenvalue weighted by Crippen LogP contribution is -2.44. The average molecular weight is 287 g/mol. The van der Waals surface area contributed by atoms with Crippen LogP contribution in [0.3, 0.4) is 0 Å². The molecule has 1 saturated heterocycles. The summed E-state index contributed by atoms with van der Waals surface area (Å²) in [4.78, 5) is 1.89. The zero-order valence-electron chi connectivity index (χ0n) is 10.3. The Morgan fingerprint density at radius 1 is 1.42 bits per heavy atom. The molecule has 19 heavy (non-hydrogen) atoms. The highest BCUT2D eigenvalue weighted by molar-refractivity contribution is 7.89. The van der Waals surface area contributed by atoms with Crippen LogP contribution in [0.1, 0.15) is 0 Å². The van der Waals surface area contributed by atoms with Crippen molar-refractivity contribution in [2.24, 2.45) is 5.14 Å². The van der Waals surface area contributed by atoms with Crippen LogP contribution in [0.25, 0.3) is 0 Å². The van der Waals surface area contributed by atoms with Gasteiger partial charge in [0.15, 0.2) is 0 Å². The number of nitrogen functional groups attached to an aromatic ring is 1. The molecule has 5 N–H and O–H groups in total. The molecule has 1 aromatic carbocycles. The number of benzene rings is 1. The number of nitrogens with two attached hydrogens (primary N) is 2. The maximum Gasteiger partial charge on any atom is 0.238 e. The van der Waals surface area contributed by atoms with Gasteiger partial charge in [0.25, 0.3) is 0 Å². The monoisotopic (exact) mass is 287 g/mol. The van der Waals surface area contributed by atoms with Crippen molar-refractivity contribution >= 4 is 21.4 Å². The molecule has 0 aliphatic carbocycles. The number of morpholine rings is 1. The largest absolute Gasteiger partial charge is 0.399 e. The molecule has 0 radical (unpaired) electrons. The van der Waals surface area contributed by atoms with Crippen molar-refractivity contribution in [3.05, 3.63) is 18.2 Å². The summed E-state index contributed by atoms with van der Waals surface area (Å²) < 4.78 is 28.1. The topological polar surface area (TPSA) is 119 Å². The van der Waals surface area contributed by atoms with Gasteiger partial charge in [0, 0.05) is 24.5 Å². The van der Waals surface area contributed by atoms with Crippen LogP contribution in [0.4, 0.5) is 11.4 Å².